The fraction of sp³-hybridized carbons (Fsp3) is 1.00. The Bertz CT molecular complexity index is 237. The quantitative estimate of drug-likeness (QED) is 0.646. The fourth-order valence-electron chi connectivity index (χ4n) is 3.93. The second kappa shape index (κ2) is 2.31. The van der Waals surface area contributed by atoms with Gasteiger partial charge in [0.05, 0.1) is 0 Å². The highest BCUT2D eigenvalue weighted by Crippen LogP contribution is 2.64. The zero-order chi connectivity index (χ0) is 9.22. The van der Waals surface area contributed by atoms with Gasteiger partial charge in [-0.25, -0.2) is 0 Å². The summed E-state index contributed by atoms with van der Waals surface area (Å²) in [6.45, 7) is 7.15. The molecule has 0 amide bonds. The van der Waals surface area contributed by atoms with Gasteiger partial charge in [-0.1, -0.05) is 13.3 Å². The Balaban J connectivity index is 1.75. The summed E-state index contributed by atoms with van der Waals surface area (Å²) in [5, 5.41) is 3.65. The first-order chi connectivity index (χ1) is 6.16. The van der Waals surface area contributed by atoms with Crippen molar-refractivity contribution in [3.63, 3.8) is 0 Å². The average Bonchev–Trinajstić information content (AvgIpc) is 2.95. The van der Waals surface area contributed by atoms with E-state index in [2.05, 4.69) is 26.1 Å². The van der Waals surface area contributed by atoms with Crippen molar-refractivity contribution < 1.29 is 0 Å². The maximum Gasteiger partial charge on any atom is 0.0338 e. The molecule has 0 spiro atoms. The van der Waals surface area contributed by atoms with E-state index in [1.54, 1.807) is 6.42 Å². The Kier molecular flexibility index (Phi) is 1.47. The van der Waals surface area contributed by atoms with E-state index < -0.39 is 0 Å². The van der Waals surface area contributed by atoms with Crippen molar-refractivity contribution in [1.82, 2.24) is 5.32 Å². The minimum Gasteiger partial charge on any atom is -0.305 e. The summed E-state index contributed by atoms with van der Waals surface area (Å²) in [4.78, 5) is 0. The number of hydrogen-bond donors (Lipinski definition) is 1. The first-order valence-corrected chi connectivity index (χ1v) is 5.94. The van der Waals surface area contributed by atoms with Crippen LogP contribution in [0, 0.1) is 23.7 Å². The lowest BCUT2D eigenvalue weighted by Gasteiger charge is -2.21. The van der Waals surface area contributed by atoms with Crippen molar-refractivity contribution in [3.05, 3.63) is 0 Å². The molecule has 0 aromatic rings. The van der Waals surface area contributed by atoms with Crippen LogP contribution in [0.15, 0.2) is 0 Å². The van der Waals surface area contributed by atoms with Gasteiger partial charge in [0.15, 0.2) is 0 Å². The van der Waals surface area contributed by atoms with E-state index in [0.29, 0.717) is 5.54 Å². The summed E-state index contributed by atoms with van der Waals surface area (Å²) < 4.78 is 0. The molecular weight excluding hydrogens is 158 g/mol. The Morgan fingerprint density at radius 3 is 2.46 bits per heavy atom. The molecule has 0 aromatic carbocycles. The molecule has 0 aromatic heterocycles. The molecule has 1 heteroatoms. The molecule has 1 saturated heterocycles. The van der Waals surface area contributed by atoms with Crippen LogP contribution >= 0.6 is 0 Å². The molecule has 2 aliphatic carbocycles. The summed E-state index contributed by atoms with van der Waals surface area (Å²) in [6, 6.07) is 0.786. The van der Waals surface area contributed by atoms with Crippen LogP contribution in [0.2, 0.25) is 0 Å². The molecule has 13 heavy (non-hydrogen) atoms. The normalized spacial score (nSPS) is 63.5. The van der Waals surface area contributed by atoms with Crippen LogP contribution in [0.25, 0.3) is 0 Å². The zero-order valence-electron chi connectivity index (χ0n) is 9.01. The van der Waals surface area contributed by atoms with Crippen molar-refractivity contribution in [3.8, 4) is 0 Å². The van der Waals surface area contributed by atoms with Gasteiger partial charge < -0.3 is 5.32 Å². The summed E-state index contributed by atoms with van der Waals surface area (Å²) in [6.07, 6.45) is 4.48. The van der Waals surface area contributed by atoms with Gasteiger partial charge in [-0.3, -0.25) is 0 Å². The fourth-order valence-corrected chi connectivity index (χ4v) is 3.93. The topological polar surface area (TPSA) is 21.9 Å². The summed E-state index contributed by atoms with van der Waals surface area (Å²) >= 11 is 0. The number of hydrogen-bond acceptors (Lipinski definition) is 1. The Labute approximate surface area is 81.3 Å². The van der Waals surface area contributed by atoms with Crippen LogP contribution < -0.4 is 5.32 Å². The van der Waals surface area contributed by atoms with E-state index in [1.807, 2.05) is 0 Å². The van der Waals surface area contributed by atoms with Crippen LogP contribution in [0.1, 0.15) is 40.0 Å². The second-order valence-corrected chi connectivity index (χ2v) is 5.72. The van der Waals surface area contributed by atoms with E-state index in [9.17, 15) is 0 Å². The van der Waals surface area contributed by atoms with E-state index in [4.69, 9.17) is 0 Å². The number of rotatable bonds is 2. The Hall–Kier alpha value is -0.0400. The smallest absolute Gasteiger partial charge is 0.0338 e. The Morgan fingerprint density at radius 2 is 2.00 bits per heavy atom. The first-order valence-electron chi connectivity index (χ1n) is 5.94. The van der Waals surface area contributed by atoms with Crippen molar-refractivity contribution in [2.24, 2.45) is 23.7 Å². The van der Waals surface area contributed by atoms with Crippen molar-refractivity contribution in [2.45, 2.75) is 51.6 Å². The van der Waals surface area contributed by atoms with Crippen molar-refractivity contribution >= 4 is 0 Å². The molecular formula is C12H21N. The SMILES string of the molecule is CCC1CC(C2(C)NC2C)C2CC12. The summed E-state index contributed by atoms with van der Waals surface area (Å²) in [5.74, 6) is 4.31. The van der Waals surface area contributed by atoms with E-state index in [1.165, 1.54) is 12.8 Å². The standard InChI is InChI=1S/C12H21N/c1-4-8-5-11(10-6-9(8)10)12(3)7(2)13-12/h7-11,13H,4-6H2,1-3H3. The summed E-state index contributed by atoms with van der Waals surface area (Å²) in [5.41, 5.74) is 0.531. The average molecular weight is 179 g/mol. The molecule has 6 unspecified atom stereocenters. The lowest BCUT2D eigenvalue weighted by molar-refractivity contribution is 0.334. The molecule has 1 nitrogen and oxygen atoms in total. The van der Waals surface area contributed by atoms with Gasteiger partial charge in [-0.2, -0.15) is 0 Å². The second-order valence-electron chi connectivity index (χ2n) is 5.72. The minimum atomic E-state index is 0.531. The lowest BCUT2D eigenvalue weighted by Crippen LogP contribution is -2.25. The highest BCUT2D eigenvalue weighted by molar-refractivity contribution is 5.20. The third-order valence-corrected chi connectivity index (χ3v) is 5.21. The van der Waals surface area contributed by atoms with Gasteiger partial charge >= 0.3 is 0 Å². The van der Waals surface area contributed by atoms with Gasteiger partial charge in [-0.05, 0) is 50.4 Å². The maximum atomic E-state index is 3.65. The van der Waals surface area contributed by atoms with Gasteiger partial charge in [0.25, 0.3) is 0 Å². The Morgan fingerprint density at radius 1 is 1.31 bits per heavy atom. The lowest BCUT2D eigenvalue weighted by atomic mass is 9.84. The van der Waals surface area contributed by atoms with Crippen molar-refractivity contribution in [2.75, 3.05) is 0 Å². The van der Waals surface area contributed by atoms with Gasteiger partial charge in [0.1, 0.15) is 0 Å². The number of nitrogens with one attached hydrogen (secondary N) is 1. The van der Waals surface area contributed by atoms with Crippen LogP contribution in [-0.2, 0) is 0 Å². The maximum absolute atomic E-state index is 3.65. The molecule has 0 radical (unpaired) electrons. The predicted octanol–water partition coefficient (Wildman–Crippen LogP) is 2.42. The molecule has 3 rings (SSSR count). The van der Waals surface area contributed by atoms with E-state index in [-0.39, 0.29) is 0 Å². The predicted molar refractivity (Wildman–Crippen MR) is 54.5 cm³/mol. The molecule has 6 atom stereocenters. The molecule has 1 N–H and O–H groups in total. The van der Waals surface area contributed by atoms with Gasteiger partial charge in [0, 0.05) is 11.6 Å². The van der Waals surface area contributed by atoms with Crippen molar-refractivity contribution in [1.29, 1.82) is 0 Å². The molecule has 1 heterocycles. The molecule has 74 valence electrons. The zero-order valence-corrected chi connectivity index (χ0v) is 9.01. The minimum absolute atomic E-state index is 0.531. The third kappa shape index (κ3) is 0.971. The van der Waals surface area contributed by atoms with Crippen LogP contribution in [-0.4, -0.2) is 11.6 Å². The molecule has 0 bridgehead atoms. The van der Waals surface area contributed by atoms with Gasteiger partial charge in [0.2, 0.25) is 0 Å². The first kappa shape index (κ1) is 8.28. The molecule has 1 aliphatic heterocycles. The molecule has 2 saturated carbocycles. The highest BCUT2D eigenvalue weighted by Gasteiger charge is 2.64. The largest absolute Gasteiger partial charge is 0.305 e. The number of fused-ring (bicyclic) bond motifs is 1. The highest BCUT2D eigenvalue weighted by atomic mass is 15.2. The monoisotopic (exact) mass is 179 g/mol. The molecule has 3 fully saturated rings. The van der Waals surface area contributed by atoms with Crippen LogP contribution in [0.3, 0.4) is 0 Å². The summed E-state index contributed by atoms with van der Waals surface area (Å²) in [7, 11) is 0. The third-order valence-electron chi connectivity index (χ3n) is 5.21. The van der Waals surface area contributed by atoms with Gasteiger partial charge in [-0.15, -0.1) is 0 Å². The van der Waals surface area contributed by atoms with E-state index in [0.717, 1.165) is 29.7 Å². The van der Waals surface area contributed by atoms with Crippen LogP contribution in [0.4, 0.5) is 0 Å². The molecule has 3 aliphatic rings. The van der Waals surface area contributed by atoms with E-state index >= 15 is 0 Å². The van der Waals surface area contributed by atoms with Crippen LogP contribution in [0.5, 0.6) is 0 Å².